The fourth-order valence-electron chi connectivity index (χ4n) is 3.49. The molecule has 0 saturated carbocycles. The second-order valence-corrected chi connectivity index (χ2v) is 10.3. The number of nitrogens with two attached hydrogens (primary N) is 1. The van der Waals surface area contributed by atoms with Gasteiger partial charge >= 0.3 is 0 Å². The van der Waals surface area contributed by atoms with Crippen LogP contribution in [-0.4, -0.2) is 40.9 Å². The number of nitrogens with zero attached hydrogens (tertiary/aromatic N) is 1. The molecule has 0 bridgehead atoms. The summed E-state index contributed by atoms with van der Waals surface area (Å²) in [6.45, 7) is 26.5. The zero-order chi connectivity index (χ0) is 29.9. The number of benzene rings is 1. The molecule has 0 radical (unpaired) electrons. The Kier molecular flexibility index (Phi) is 14.8. The van der Waals surface area contributed by atoms with Crippen LogP contribution in [0.15, 0.2) is 48.1 Å². The van der Waals surface area contributed by atoms with Crippen molar-refractivity contribution in [3.8, 4) is 0 Å². The smallest absolute Gasteiger partial charge is 0.262 e. The molecule has 2 rings (SSSR count). The van der Waals surface area contributed by atoms with Crippen molar-refractivity contribution in [2.24, 2.45) is 11.1 Å². The fourth-order valence-corrected chi connectivity index (χ4v) is 3.49. The number of rotatable bonds is 4. The lowest BCUT2D eigenvalue weighted by molar-refractivity contribution is 0.0507. The summed E-state index contributed by atoms with van der Waals surface area (Å²) < 4.78 is 0. The molecule has 2 N–H and O–H groups in total. The van der Waals surface area contributed by atoms with Crippen molar-refractivity contribution in [2.45, 2.75) is 88.6 Å². The Labute approximate surface area is 224 Å². The number of hydrogen-bond acceptors (Lipinski definition) is 5. The first-order chi connectivity index (χ1) is 16.9. The van der Waals surface area contributed by atoms with Crippen molar-refractivity contribution in [1.29, 1.82) is 0 Å². The minimum absolute atomic E-state index is 0.179. The molecule has 0 spiro atoms. The van der Waals surface area contributed by atoms with Crippen LogP contribution < -0.4 is 5.73 Å². The van der Waals surface area contributed by atoms with Crippen molar-refractivity contribution in [2.75, 3.05) is 7.05 Å². The third kappa shape index (κ3) is 10.0. The van der Waals surface area contributed by atoms with E-state index < -0.39 is 17.4 Å². The van der Waals surface area contributed by atoms with Gasteiger partial charge in [0.25, 0.3) is 11.8 Å². The summed E-state index contributed by atoms with van der Waals surface area (Å²) in [5.74, 6) is -1.48. The molecule has 6 heteroatoms. The molecule has 0 saturated heterocycles. The Balaban J connectivity index is 0. The zero-order valence-corrected chi connectivity index (χ0v) is 25.3. The summed E-state index contributed by atoms with van der Waals surface area (Å²) in [7, 11) is 1.50. The SMILES string of the molecule is C=C(C)/C=C\C(=C/C)C(C)(C)C.CC.CC(=O)c1cc2c(cc1C(C)=O)C(=O)N(C(C)(C)C)C2=O.CN. The number of ketones is 2. The van der Waals surface area contributed by atoms with Gasteiger partial charge in [-0.3, -0.25) is 24.1 Å². The fraction of sp³-hybridized carbons (Fsp3) is 0.484. The molecule has 0 aliphatic carbocycles. The van der Waals surface area contributed by atoms with Crippen LogP contribution in [0.5, 0.6) is 0 Å². The predicted molar refractivity (Wildman–Crippen MR) is 155 cm³/mol. The minimum atomic E-state index is -0.667. The van der Waals surface area contributed by atoms with Crippen molar-refractivity contribution < 1.29 is 19.2 Å². The molecule has 0 atom stereocenters. The summed E-state index contributed by atoms with van der Waals surface area (Å²) >= 11 is 0. The second-order valence-electron chi connectivity index (χ2n) is 10.3. The lowest BCUT2D eigenvalue weighted by atomic mass is 9.86. The Hall–Kier alpha value is -3.12. The highest BCUT2D eigenvalue weighted by molar-refractivity contribution is 6.24. The molecular weight excluding hydrogens is 464 g/mol. The molecule has 0 unspecified atom stereocenters. The number of allylic oxidation sites excluding steroid dienone is 5. The average molecular weight is 513 g/mol. The van der Waals surface area contributed by atoms with E-state index in [1.807, 2.05) is 20.8 Å². The molecule has 206 valence electrons. The van der Waals surface area contributed by atoms with Crippen LogP contribution in [0.3, 0.4) is 0 Å². The number of Topliss-reactive ketones (excluding diaryl/α,β-unsaturated/α-hetero) is 2. The highest BCUT2D eigenvalue weighted by atomic mass is 16.2. The quantitative estimate of drug-likeness (QED) is 0.261. The molecule has 1 aliphatic heterocycles. The summed E-state index contributed by atoms with van der Waals surface area (Å²) in [6.07, 6.45) is 6.35. The summed E-state index contributed by atoms with van der Waals surface area (Å²) in [5.41, 5.74) is 7.25. The minimum Gasteiger partial charge on any atom is -0.333 e. The topological polar surface area (TPSA) is 97.5 Å². The van der Waals surface area contributed by atoms with E-state index >= 15 is 0 Å². The van der Waals surface area contributed by atoms with Crippen molar-refractivity contribution >= 4 is 23.4 Å². The maximum atomic E-state index is 12.4. The summed E-state index contributed by atoms with van der Waals surface area (Å²) in [4.78, 5) is 49.3. The van der Waals surface area contributed by atoms with Crippen molar-refractivity contribution in [3.05, 3.63) is 70.3 Å². The Morgan fingerprint density at radius 3 is 1.38 bits per heavy atom. The predicted octanol–water partition coefficient (Wildman–Crippen LogP) is 7.20. The van der Waals surface area contributed by atoms with Crippen LogP contribution in [0.25, 0.3) is 0 Å². The van der Waals surface area contributed by atoms with Gasteiger partial charge < -0.3 is 5.73 Å². The Bertz CT molecular complexity index is 1010. The van der Waals surface area contributed by atoms with Crippen LogP contribution in [0, 0.1) is 5.41 Å². The van der Waals surface area contributed by atoms with Gasteiger partial charge in [-0.2, -0.15) is 0 Å². The molecule has 1 heterocycles. The standard InChI is InChI=1S/C16H17NO4.C12H20.C2H6.CH5N/c1-8(18)10-6-12-13(7-11(10)9(2)19)15(21)17(14(12)20)16(3,4)5;1-7-11(12(4,5)6)9-8-10(2)3;2*1-2/h6-7H,1-5H3;7-9H,2H2,1,3-6H3;1-2H3;2H2,1H3/b;9-8-,11-7+;;. The van der Waals surface area contributed by atoms with E-state index in [1.54, 1.807) is 20.8 Å². The lowest BCUT2D eigenvalue weighted by Gasteiger charge is -2.29. The number of fused-ring (bicyclic) bond motifs is 1. The van der Waals surface area contributed by atoms with E-state index in [1.165, 1.54) is 38.6 Å². The van der Waals surface area contributed by atoms with Gasteiger partial charge in [-0.25, -0.2) is 0 Å². The summed E-state index contributed by atoms with van der Waals surface area (Å²) in [6, 6.07) is 2.72. The van der Waals surface area contributed by atoms with Gasteiger partial charge in [-0.05, 0) is 78.6 Å². The number of amides is 2. The molecule has 1 aliphatic rings. The maximum absolute atomic E-state index is 12.4. The first-order valence-corrected chi connectivity index (χ1v) is 12.6. The van der Waals surface area contributed by atoms with Gasteiger partial charge in [0.2, 0.25) is 0 Å². The monoisotopic (exact) mass is 512 g/mol. The average Bonchev–Trinajstić information content (AvgIpc) is 3.04. The number of imide groups is 1. The van der Waals surface area contributed by atoms with E-state index in [0.717, 1.165) is 10.5 Å². The van der Waals surface area contributed by atoms with E-state index in [2.05, 4.69) is 58.2 Å². The molecule has 0 fully saturated rings. The lowest BCUT2D eigenvalue weighted by Crippen LogP contribution is -2.45. The maximum Gasteiger partial charge on any atom is 0.262 e. The first kappa shape index (κ1) is 36.0. The Morgan fingerprint density at radius 1 is 0.811 bits per heavy atom. The zero-order valence-electron chi connectivity index (χ0n) is 25.3. The van der Waals surface area contributed by atoms with Crippen LogP contribution >= 0.6 is 0 Å². The first-order valence-electron chi connectivity index (χ1n) is 12.6. The molecule has 1 aromatic carbocycles. The van der Waals surface area contributed by atoms with Crippen LogP contribution in [0.2, 0.25) is 0 Å². The van der Waals surface area contributed by atoms with Crippen molar-refractivity contribution in [1.82, 2.24) is 4.90 Å². The molecule has 2 amide bonds. The van der Waals surface area contributed by atoms with Crippen LogP contribution in [0.4, 0.5) is 0 Å². The normalized spacial score (nSPS) is 13.0. The number of hydrogen-bond donors (Lipinski definition) is 1. The highest BCUT2D eigenvalue weighted by Gasteiger charge is 2.42. The molecule has 1 aromatic rings. The van der Waals surface area contributed by atoms with Gasteiger partial charge in [0.05, 0.1) is 11.1 Å². The van der Waals surface area contributed by atoms with E-state index in [9.17, 15) is 19.2 Å². The third-order valence-corrected chi connectivity index (χ3v) is 5.18. The second kappa shape index (κ2) is 15.2. The molecular formula is C31H48N2O4. The number of carbonyl (C=O) groups is 4. The highest BCUT2D eigenvalue weighted by Crippen LogP contribution is 2.31. The van der Waals surface area contributed by atoms with Gasteiger partial charge in [-0.1, -0.05) is 65.0 Å². The summed E-state index contributed by atoms with van der Waals surface area (Å²) in [5, 5.41) is 0. The van der Waals surface area contributed by atoms with Gasteiger partial charge in [-0.15, -0.1) is 0 Å². The number of carbonyl (C=O) groups excluding carboxylic acids is 4. The van der Waals surface area contributed by atoms with E-state index in [-0.39, 0.29) is 39.2 Å². The molecule has 37 heavy (non-hydrogen) atoms. The van der Waals surface area contributed by atoms with Gasteiger partial charge in [0.1, 0.15) is 0 Å². The van der Waals surface area contributed by atoms with E-state index in [0.29, 0.717) is 0 Å². The molecule has 0 aromatic heterocycles. The third-order valence-electron chi connectivity index (χ3n) is 5.18. The largest absolute Gasteiger partial charge is 0.333 e. The van der Waals surface area contributed by atoms with Crippen molar-refractivity contribution in [3.63, 3.8) is 0 Å². The molecule has 6 nitrogen and oxygen atoms in total. The van der Waals surface area contributed by atoms with Crippen LogP contribution in [0.1, 0.15) is 125 Å². The Morgan fingerprint density at radius 2 is 1.16 bits per heavy atom. The van der Waals surface area contributed by atoms with Gasteiger partial charge in [0, 0.05) is 16.7 Å². The van der Waals surface area contributed by atoms with Gasteiger partial charge in [0.15, 0.2) is 11.6 Å². The van der Waals surface area contributed by atoms with Crippen LogP contribution in [-0.2, 0) is 0 Å². The van der Waals surface area contributed by atoms with E-state index in [4.69, 9.17) is 0 Å².